The molecule has 2 rings (SSSR count). The van der Waals surface area contributed by atoms with Gasteiger partial charge in [0.05, 0.1) is 7.11 Å². The molecule has 0 saturated carbocycles. The Labute approximate surface area is 123 Å². The van der Waals surface area contributed by atoms with Crippen molar-refractivity contribution < 1.29 is 4.74 Å². The molecule has 0 aliphatic carbocycles. The van der Waals surface area contributed by atoms with Gasteiger partial charge in [0, 0.05) is 12.1 Å². The Bertz CT molecular complexity index is 394. The lowest BCUT2D eigenvalue weighted by atomic mass is 9.89. The topological polar surface area (TPSA) is 38.5 Å². The summed E-state index contributed by atoms with van der Waals surface area (Å²) >= 11 is 0. The number of likely N-dealkylation sites (tertiary alicyclic amines) is 1. The molecule has 2 atom stereocenters. The number of piperidine rings is 1. The van der Waals surface area contributed by atoms with E-state index in [1.54, 1.807) is 7.11 Å². The van der Waals surface area contributed by atoms with E-state index >= 15 is 0 Å². The minimum Gasteiger partial charge on any atom is -0.497 e. The molecule has 1 heterocycles. The highest BCUT2D eigenvalue weighted by Gasteiger charge is 2.26. The zero-order valence-corrected chi connectivity index (χ0v) is 13.0. The van der Waals surface area contributed by atoms with Gasteiger partial charge >= 0.3 is 0 Å². The molecule has 0 spiro atoms. The van der Waals surface area contributed by atoms with E-state index < -0.39 is 0 Å². The van der Waals surface area contributed by atoms with Crippen molar-refractivity contribution in [1.29, 1.82) is 0 Å². The molecular weight excluding hydrogens is 248 g/mol. The van der Waals surface area contributed by atoms with Crippen LogP contribution < -0.4 is 10.5 Å². The van der Waals surface area contributed by atoms with Crippen molar-refractivity contribution in [3.63, 3.8) is 0 Å². The summed E-state index contributed by atoms with van der Waals surface area (Å²) < 4.78 is 5.24. The maximum absolute atomic E-state index is 6.03. The van der Waals surface area contributed by atoms with Crippen LogP contribution in [0.4, 0.5) is 0 Å². The molecular formula is C17H28N2O. The van der Waals surface area contributed by atoms with Crippen LogP contribution in [0, 0.1) is 5.92 Å². The first-order valence-electron chi connectivity index (χ1n) is 7.79. The first kappa shape index (κ1) is 15.3. The Morgan fingerprint density at radius 3 is 2.30 bits per heavy atom. The highest BCUT2D eigenvalue weighted by molar-refractivity contribution is 5.29. The Morgan fingerprint density at radius 2 is 1.85 bits per heavy atom. The van der Waals surface area contributed by atoms with E-state index in [0.717, 1.165) is 25.3 Å². The second-order valence-corrected chi connectivity index (χ2v) is 5.93. The fourth-order valence-electron chi connectivity index (χ4n) is 3.29. The number of rotatable bonds is 5. The monoisotopic (exact) mass is 276 g/mol. The van der Waals surface area contributed by atoms with Crippen molar-refractivity contribution in [2.45, 2.75) is 45.2 Å². The third-order valence-corrected chi connectivity index (χ3v) is 4.65. The molecule has 0 amide bonds. The van der Waals surface area contributed by atoms with Gasteiger partial charge in [0.2, 0.25) is 0 Å². The van der Waals surface area contributed by atoms with Crippen LogP contribution >= 0.6 is 0 Å². The minimum absolute atomic E-state index is 0.332. The highest BCUT2D eigenvalue weighted by atomic mass is 16.5. The normalized spacial score (nSPS) is 20.6. The quantitative estimate of drug-likeness (QED) is 0.897. The average Bonchev–Trinajstić information content (AvgIpc) is 2.49. The number of hydrogen-bond donors (Lipinski definition) is 1. The minimum atomic E-state index is 0.332. The summed E-state index contributed by atoms with van der Waals surface area (Å²) in [4.78, 5) is 2.61. The van der Waals surface area contributed by atoms with Gasteiger partial charge in [-0.1, -0.05) is 19.1 Å². The SMILES string of the molecule is CCC(c1ccc(OC)cc1)N1CCC(C(C)N)CC1. The molecule has 0 bridgehead atoms. The summed E-state index contributed by atoms with van der Waals surface area (Å²) in [5.41, 5.74) is 7.43. The van der Waals surface area contributed by atoms with Gasteiger partial charge in [0.15, 0.2) is 0 Å². The summed E-state index contributed by atoms with van der Waals surface area (Å²) in [7, 11) is 1.71. The molecule has 1 fully saturated rings. The number of benzene rings is 1. The predicted molar refractivity (Wildman–Crippen MR) is 84.0 cm³/mol. The second-order valence-electron chi connectivity index (χ2n) is 5.93. The van der Waals surface area contributed by atoms with Crippen LogP contribution in [0.3, 0.4) is 0 Å². The van der Waals surface area contributed by atoms with Crippen LogP contribution in [0.1, 0.15) is 44.7 Å². The Hall–Kier alpha value is -1.06. The van der Waals surface area contributed by atoms with E-state index in [4.69, 9.17) is 10.5 Å². The van der Waals surface area contributed by atoms with Crippen LogP contribution in [-0.4, -0.2) is 31.1 Å². The zero-order chi connectivity index (χ0) is 14.5. The van der Waals surface area contributed by atoms with Gasteiger partial charge in [-0.3, -0.25) is 4.90 Å². The molecule has 20 heavy (non-hydrogen) atoms. The van der Waals surface area contributed by atoms with E-state index in [1.165, 1.54) is 18.4 Å². The fourth-order valence-corrected chi connectivity index (χ4v) is 3.29. The maximum Gasteiger partial charge on any atom is 0.118 e. The van der Waals surface area contributed by atoms with Crippen molar-refractivity contribution in [2.24, 2.45) is 11.7 Å². The lowest BCUT2D eigenvalue weighted by molar-refractivity contribution is 0.121. The molecule has 112 valence electrons. The standard InChI is InChI=1S/C17H28N2O/c1-4-17(15-5-7-16(20-3)8-6-15)19-11-9-14(10-12-19)13(2)18/h5-8,13-14,17H,4,9-12,18H2,1-3H3. The molecule has 0 aromatic heterocycles. The molecule has 1 aliphatic heterocycles. The molecule has 2 N–H and O–H groups in total. The van der Waals surface area contributed by atoms with Crippen molar-refractivity contribution in [2.75, 3.05) is 20.2 Å². The van der Waals surface area contributed by atoms with Gasteiger partial charge in [-0.05, 0) is 62.9 Å². The van der Waals surface area contributed by atoms with E-state index in [0.29, 0.717) is 18.0 Å². The lowest BCUT2D eigenvalue weighted by Gasteiger charge is -2.38. The van der Waals surface area contributed by atoms with Gasteiger partial charge in [-0.2, -0.15) is 0 Å². The van der Waals surface area contributed by atoms with Crippen molar-refractivity contribution >= 4 is 0 Å². The van der Waals surface area contributed by atoms with E-state index in [2.05, 4.69) is 43.0 Å². The number of nitrogens with zero attached hydrogens (tertiary/aromatic N) is 1. The number of nitrogens with two attached hydrogens (primary N) is 1. The van der Waals surface area contributed by atoms with Crippen LogP contribution in [-0.2, 0) is 0 Å². The smallest absolute Gasteiger partial charge is 0.118 e. The first-order chi connectivity index (χ1) is 9.65. The molecule has 1 aromatic rings. The van der Waals surface area contributed by atoms with Gasteiger partial charge in [0.25, 0.3) is 0 Å². The lowest BCUT2D eigenvalue weighted by Crippen LogP contribution is -2.41. The Kier molecular flexibility index (Phi) is 5.44. The summed E-state index contributed by atoms with van der Waals surface area (Å²) in [6, 6.07) is 9.38. The summed E-state index contributed by atoms with van der Waals surface area (Å²) in [6.45, 7) is 6.74. The summed E-state index contributed by atoms with van der Waals surface area (Å²) in [6.07, 6.45) is 3.60. The van der Waals surface area contributed by atoms with Crippen molar-refractivity contribution in [3.05, 3.63) is 29.8 Å². The second kappa shape index (κ2) is 7.09. The summed E-state index contributed by atoms with van der Waals surface area (Å²) in [5.74, 6) is 1.62. The van der Waals surface area contributed by atoms with Gasteiger partial charge in [-0.25, -0.2) is 0 Å². The molecule has 2 unspecified atom stereocenters. The zero-order valence-electron chi connectivity index (χ0n) is 13.0. The van der Waals surface area contributed by atoms with Crippen LogP contribution in [0.5, 0.6) is 5.75 Å². The van der Waals surface area contributed by atoms with Crippen molar-refractivity contribution in [3.8, 4) is 5.75 Å². The van der Waals surface area contributed by atoms with Crippen LogP contribution in [0.25, 0.3) is 0 Å². The highest BCUT2D eigenvalue weighted by Crippen LogP contribution is 2.30. The van der Waals surface area contributed by atoms with Crippen LogP contribution in [0.15, 0.2) is 24.3 Å². The molecule has 1 aliphatic rings. The average molecular weight is 276 g/mol. The number of hydrogen-bond acceptors (Lipinski definition) is 3. The van der Waals surface area contributed by atoms with E-state index in [1.807, 2.05) is 0 Å². The van der Waals surface area contributed by atoms with Gasteiger partial charge in [-0.15, -0.1) is 0 Å². The maximum atomic E-state index is 6.03. The van der Waals surface area contributed by atoms with E-state index in [-0.39, 0.29) is 0 Å². The molecule has 1 saturated heterocycles. The van der Waals surface area contributed by atoms with E-state index in [9.17, 15) is 0 Å². The fraction of sp³-hybridized carbons (Fsp3) is 0.647. The van der Waals surface area contributed by atoms with Gasteiger partial charge < -0.3 is 10.5 Å². The Morgan fingerprint density at radius 1 is 1.25 bits per heavy atom. The third-order valence-electron chi connectivity index (χ3n) is 4.65. The molecule has 3 heteroatoms. The van der Waals surface area contributed by atoms with Gasteiger partial charge in [0.1, 0.15) is 5.75 Å². The van der Waals surface area contributed by atoms with Crippen molar-refractivity contribution in [1.82, 2.24) is 4.90 Å². The number of methoxy groups -OCH3 is 1. The molecule has 1 aromatic carbocycles. The first-order valence-corrected chi connectivity index (χ1v) is 7.79. The Balaban J connectivity index is 2.01. The third kappa shape index (κ3) is 3.53. The van der Waals surface area contributed by atoms with Crippen LogP contribution in [0.2, 0.25) is 0 Å². The predicted octanol–water partition coefficient (Wildman–Crippen LogP) is 3.21. The molecule has 3 nitrogen and oxygen atoms in total. The summed E-state index contributed by atoms with van der Waals surface area (Å²) in [5, 5.41) is 0. The largest absolute Gasteiger partial charge is 0.497 e. The number of ether oxygens (including phenoxy) is 1. The molecule has 0 radical (unpaired) electrons.